The average molecular weight is 341 g/mol. The second kappa shape index (κ2) is 5.80. The average Bonchev–Trinajstić information content (AvgIpc) is 2.86. The highest BCUT2D eigenvalue weighted by atomic mass is 35.5. The molecule has 0 aliphatic carbocycles. The van der Waals surface area contributed by atoms with Crippen LogP contribution in [0.5, 0.6) is 0 Å². The largest absolute Gasteiger partial charge is 0.459 e. The van der Waals surface area contributed by atoms with Gasteiger partial charge in [-0.15, -0.1) is 0 Å². The van der Waals surface area contributed by atoms with Gasteiger partial charge in [0.1, 0.15) is 11.3 Å². The van der Waals surface area contributed by atoms with Gasteiger partial charge >= 0.3 is 0 Å². The highest BCUT2D eigenvalue weighted by Gasteiger charge is 2.15. The van der Waals surface area contributed by atoms with E-state index in [0.29, 0.717) is 20.8 Å². The summed E-state index contributed by atoms with van der Waals surface area (Å²) in [5.74, 6) is 0.818. The lowest BCUT2D eigenvalue weighted by atomic mass is 10.2. The Hall–Kier alpha value is -1.35. The molecule has 0 spiro atoms. The molecule has 108 valence electrons. The van der Waals surface area contributed by atoms with E-state index in [1.807, 2.05) is 37.3 Å². The maximum Gasteiger partial charge on any atom is 0.134 e. The van der Waals surface area contributed by atoms with Crippen LogP contribution < -0.4 is 5.32 Å². The van der Waals surface area contributed by atoms with E-state index < -0.39 is 0 Å². The second-order valence-electron chi connectivity index (χ2n) is 4.80. The molecular formula is C16H12Cl3NO. The Labute approximate surface area is 137 Å². The molecule has 0 radical (unpaired) electrons. The zero-order valence-corrected chi connectivity index (χ0v) is 13.4. The monoisotopic (exact) mass is 339 g/mol. The van der Waals surface area contributed by atoms with Crippen LogP contribution in [-0.4, -0.2) is 0 Å². The van der Waals surface area contributed by atoms with Crippen molar-refractivity contribution in [3.63, 3.8) is 0 Å². The minimum absolute atomic E-state index is 0.0754. The summed E-state index contributed by atoms with van der Waals surface area (Å²) in [5.41, 5.74) is 1.50. The number of para-hydroxylation sites is 1. The molecule has 1 aromatic heterocycles. The van der Waals surface area contributed by atoms with Crippen molar-refractivity contribution in [1.29, 1.82) is 0 Å². The molecule has 3 rings (SSSR count). The summed E-state index contributed by atoms with van der Waals surface area (Å²) < 4.78 is 5.83. The Morgan fingerprint density at radius 1 is 1.00 bits per heavy atom. The van der Waals surface area contributed by atoms with Crippen LogP contribution >= 0.6 is 34.8 Å². The van der Waals surface area contributed by atoms with Gasteiger partial charge in [0.2, 0.25) is 0 Å². The lowest BCUT2D eigenvalue weighted by Crippen LogP contribution is -2.06. The van der Waals surface area contributed by atoms with E-state index in [9.17, 15) is 0 Å². The summed E-state index contributed by atoms with van der Waals surface area (Å²) in [5, 5.41) is 5.80. The van der Waals surface area contributed by atoms with Gasteiger partial charge in [-0.1, -0.05) is 53.0 Å². The van der Waals surface area contributed by atoms with E-state index in [2.05, 4.69) is 5.32 Å². The molecule has 1 atom stereocenters. The first kappa shape index (κ1) is 14.6. The van der Waals surface area contributed by atoms with E-state index in [-0.39, 0.29) is 6.04 Å². The zero-order valence-electron chi connectivity index (χ0n) is 11.2. The predicted octanol–water partition coefficient (Wildman–Crippen LogP) is 6.57. The highest BCUT2D eigenvalue weighted by molar-refractivity contribution is 6.41. The molecule has 2 aromatic carbocycles. The molecule has 0 aliphatic rings. The number of furan rings is 1. The highest BCUT2D eigenvalue weighted by Crippen LogP contribution is 2.36. The molecule has 0 fully saturated rings. The summed E-state index contributed by atoms with van der Waals surface area (Å²) >= 11 is 18.3. The van der Waals surface area contributed by atoms with Crippen LogP contribution in [0.3, 0.4) is 0 Å². The van der Waals surface area contributed by atoms with E-state index in [1.54, 1.807) is 12.1 Å². The third-order valence-corrected chi connectivity index (χ3v) is 4.05. The zero-order chi connectivity index (χ0) is 15.0. The van der Waals surface area contributed by atoms with E-state index in [1.165, 1.54) is 0 Å². The van der Waals surface area contributed by atoms with E-state index in [4.69, 9.17) is 39.2 Å². The number of rotatable bonds is 3. The first-order valence-corrected chi connectivity index (χ1v) is 7.57. The molecule has 3 aromatic rings. The van der Waals surface area contributed by atoms with Crippen LogP contribution in [0.1, 0.15) is 18.7 Å². The topological polar surface area (TPSA) is 25.2 Å². The van der Waals surface area contributed by atoms with Gasteiger partial charge in [-0.3, -0.25) is 0 Å². The van der Waals surface area contributed by atoms with Gasteiger partial charge in [-0.25, -0.2) is 0 Å². The standard InChI is InChI=1S/C16H12Cl3NO/c1-9(15-6-10-4-2-3-5-14(10)21-15)20-16-12(18)7-11(17)8-13(16)19/h2-9,20H,1H3. The van der Waals surface area contributed by atoms with Crippen molar-refractivity contribution >= 4 is 51.5 Å². The van der Waals surface area contributed by atoms with Crippen LogP contribution in [0.2, 0.25) is 15.1 Å². The van der Waals surface area contributed by atoms with Gasteiger partial charge in [0.25, 0.3) is 0 Å². The van der Waals surface area contributed by atoms with Gasteiger partial charge in [-0.05, 0) is 31.2 Å². The Kier molecular flexibility index (Phi) is 4.03. The van der Waals surface area contributed by atoms with Crippen molar-refractivity contribution in [1.82, 2.24) is 0 Å². The molecule has 1 N–H and O–H groups in total. The fourth-order valence-corrected chi connectivity index (χ4v) is 3.11. The Balaban J connectivity index is 1.91. The molecule has 0 bridgehead atoms. The third-order valence-electron chi connectivity index (χ3n) is 3.24. The third kappa shape index (κ3) is 2.98. The SMILES string of the molecule is CC(Nc1c(Cl)cc(Cl)cc1Cl)c1cc2ccccc2o1. The lowest BCUT2D eigenvalue weighted by Gasteiger charge is -2.15. The number of halogens is 3. The van der Waals surface area contributed by atoms with Crippen molar-refractivity contribution in [3.05, 3.63) is 63.3 Å². The van der Waals surface area contributed by atoms with Gasteiger partial charge in [0, 0.05) is 10.4 Å². The van der Waals surface area contributed by atoms with E-state index in [0.717, 1.165) is 16.7 Å². The quantitative estimate of drug-likeness (QED) is 0.583. The summed E-state index contributed by atoms with van der Waals surface area (Å²) in [6, 6.07) is 13.1. The Bertz CT molecular complexity index is 741. The summed E-state index contributed by atoms with van der Waals surface area (Å²) in [6.07, 6.45) is 0. The molecule has 21 heavy (non-hydrogen) atoms. The molecule has 0 saturated heterocycles. The summed E-state index contributed by atoms with van der Waals surface area (Å²) in [4.78, 5) is 0. The Morgan fingerprint density at radius 3 is 2.33 bits per heavy atom. The second-order valence-corrected chi connectivity index (χ2v) is 6.05. The molecule has 2 nitrogen and oxygen atoms in total. The number of benzene rings is 2. The van der Waals surface area contributed by atoms with Crippen molar-refractivity contribution in [2.75, 3.05) is 5.32 Å². The first-order valence-electron chi connectivity index (χ1n) is 6.44. The minimum atomic E-state index is -0.0754. The van der Waals surface area contributed by atoms with Crippen LogP contribution in [0.15, 0.2) is 46.9 Å². The van der Waals surface area contributed by atoms with Gasteiger partial charge < -0.3 is 9.73 Å². The normalized spacial score (nSPS) is 12.6. The number of anilines is 1. The fraction of sp³-hybridized carbons (Fsp3) is 0.125. The van der Waals surface area contributed by atoms with Crippen LogP contribution in [0.4, 0.5) is 5.69 Å². The number of hydrogen-bond donors (Lipinski definition) is 1. The minimum Gasteiger partial charge on any atom is -0.459 e. The molecule has 0 saturated carbocycles. The molecule has 1 heterocycles. The number of fused-ring (bicyclic) bond motifs is 1. The first-order chi connectivity index (χ1) is 10.0. The number of hydrogen-bond acceptors (Lipinski definition) is 2. The van der Waals surface area contributed by atoms with Crippen molar-refractivity contribution in [2.45, 2.75) is 13.0 Å². The summed E-state index contributed by atoms with van der Waals surface area (Å²) in [7, 11) is 0. The maximum atomic E-state index is 6.18. The van der Waals surface area contributed by atoms with Crippen LogP contribution in [-0.2, 0) is 0 Å². The molecule has 0 amide bonds. The lowest BCUT2D eigenvalue weighted by molar-refractivity contribution is 0.526. The van der Waals surface area contributed by atoms with Crippen molar-refractivity contribution in [2.24, 2.45) is 0 Å². The molecule has 1 unspecified atom stereocenters. The van der Waals surface area contributed by atoms with E-state index >= 15 is 0 Å². The summed E-state index contributed by atoms with van der Waals surface area (Å²) in [6.45, 7) is 1.99. The molecule has 5 heteroatoms. The van der Waals surface area contributed by atoms with Crippen molar-refractivity contribution < 1.29 is 4.42 Å². The van der Waals surface area contributed by atoms with Crippen LogP contribution in [0, 0.1) is 0 Å². The van der Waals surface area contributed by atoms with Crippen molar-refractivity contribution in [3.8, 4) is 0 Å². The van der Waals surface area contributed by atoms with Gasteiger partial charge in [-0.2, -0.15) is 0 Å². The number of nitrogens with one attached hydrogen (secondary N) is 1. The van der Waals surface area contributed by atoms with Crippen LogP contribution in [0.25, 0.3) is 11.0 Å². The Morgan fingerprint density at radius 2 is 1.67 bits per heavy atom. The molecule has 0 aliphatic heterocycles. The molecular weight excluding hydrogens is 329 g/mol. The van der Waals surface area contributed by atoms with Gasteiger partial charge in [0.15, 0.2) is 0 Å². The van der Waals surface area contributed by atoms with Gasteiger partial charge in [0.05, 0.1) is 21.8 Å². The smallest absolute Gasteiger partial charge is 0.134 e. The predicted molar refractivity (Wildman–Crippen MR) is 89.7 cm³/mol. The fourth-order valence-electron chi connectivity index (χ4n) is 2.18. The maximum absolute atomic E-state index is 6.18.